The summed E-state index contributed by atoms with van der Waals surface area (Å²) in [6, 6.07) is 15.3. The summed E-state index contributed by atoms with van der Waals surface area (Å²) < 4.78 is 1.07. The molecule has 0 aliphatic heterocycles. The third-order valence-corrected chi connectivity index (χ3v) is 4.59. The summed E-state index contributed by atoms with van der Waals surface area (Å²) in [5.74, 6) is 1.58. The van der Waals surface area contributed by atoms with Gasteiger partial charge in [-0.25, -0.2) is 4.98 Å². The van der Waals surface area contributed by atoms with Crippen LogP contribution in [0.2, 0.25) is 0 Å². The summed E-state index contributed by atoms with van der Waals surface area (Å²) in [4.78, 5) is 8.84. The lowest BCUT2D eigenvalue weighted by Gasteiger charge is -2.18. The molecule has 0 saturated carbocycles. The molecule has 3 aromatic rings. The van der Waals surface area contributed by atoms with E-state index in [1.165, 1.54) is 5.56 Å². The van der Waals surface area contributed by atoms with Crippen LogP contribution in [0.25, 0.3) is 0 Å². The van der Waals surface area contributed by atoms with E-state index in [0.717, 1.165) is 21.4 Å². The minimum atomic E-state index is 0.377. The van der Waals surface area contributed by atoms with Crippen LogP contribution in [0.1, 0.15) is 36.5 Å². The van der Waals surface area contributed by atoms with Crippen LogP contribution in [0.5, 0.6) is 0 Å². The van der Waals surface area contributed by atoms with Crippen LogP contribution in [0, 0.1) is 18.3 Å². The molecule has 1 aromatic heterocycles. The number of rotatable bonds is 5. The molecule has 0 amide bonds. The fourth-order valence-corrected chi connectivity index (χ4v) is 3.36. The van der Waals surface area contributed by atoms with Gasteiger partial charge >= 0.3 is 0 Å². The monoisotopic (exact) mass is 421 g/mol. The van der Waals surface area contributed by atoms with Crippen LogP contribution in [0.3, 0.4) is 0 Å². The van der Waals surface area contributed by atoms with E-state index in [1.807, 2.05) is 18.2 Å². The molecule has 0 radical (unpaired) electrons. The van der Waals surface area contributed by atoms with Crippen molar-refractivity contribution in [2.75, 3.05) is 10.6 Å². The lowest BCUT2D eigenvalue weighted by atomic mass is 9.98. The van der Waals surface area contributed by atoms with Gasteiger partial charge in [0.25, 0.3) is 0 Å². The molecule has 0 atom stereocenters. The highest BCUT2D eigenvalue weighted by Crippen LogP contribution is 2.33. The molecular weight excluding hydrogens is 402 g/mol. The Morgan fingerprint density at radius 1 is 1.07 bits per heavy atom. The SMILES string of the molecule is Cc1cc(Br)cc(C(C)C)c1Nc1ccnc(Nc2ccc(C#N)cc2)n1. The second-order valence-corrected chi connectivity index (χ2v) is 7.46. The van der Waals surface area contributed by atoms with Gasteiger partial charge in [-0.2, -0.15) is 10.2 Å². The van der Waals surface area contributed by atoms with Gasteiger partial charge in [0.05, 0.1) is 11.6 Å². The molecular formula is C21H20BrN5. The van der Waals surface area contributed by atoms with Crippen LogP contribution < -0.4 is 10.6 Å². The number of halogens is 1. The van der Waals surface area contributed by atoms with E-state index in [4.69, 9.17) is 5.26 Å². The number of nitriles is 1. The molecule has 0 aliphatic rings. The van der Waals surface area contributed by atoms with Gasteiger partial charge < -0.3 is 10.6 Å². The number of hydrogen-bond donors (Lipinski definition) is 2. The Morgan fingerprint density at radius 3 is 2.48 bits per heavy atom. The van der Waals surface area contributed by atoms with Crippen LogP contribution >= 0.6 is 15.9 Å². The Labute approximate surface area is 167 Å². The Bertz CT molecular complexity index is 990. The van der Waals surface area contributed by atoms with Crippen molar-refractivity contribution in [2.45, 2.75) is 26.7 Å². The maximum Gasteiger partial charge on any atom is 0.229 e. The second-order valence-electron chi connectivity index (χ2n) is 6.55. The van der Waals surface area contributed by atoms with E-state index < -0.39 is 0 Å². The summed E-state index contributed by atoms with van der Waals surface area (Å²) in [5, 5.41) is 15.5. The van der Waals surface area contributed by atoms with Crippen molar-refractivity contribution in [3.63, 3.8) is 0 Å². The van der Waals surface area contributed by atoms with Crippen LogP contribution in [0.15, 0.2) is 53.1 Å². The maximum atomic E-state index is 8.89. The van der Waals surface area contributed by atoms with E-state index >= 15 is 0 Å². The minimum Gasteiger partial charge on any atom is -0.340 e. The second kappa shape index (κ2) is 8.19. The zero-order chi connectivity index (χ0) is 19.4. The first kappa shape index (κ1) is 18.9. The van der Waals surface area contributed by atoms with Crippen molar-refractivity contribution < 1.29 is 0 Å². The van der Waals surface area contributed by atoms with Crippen LogP contribution in [-0.4, -0.2) is 9.97 Å². The maximum absolute atomic E-state index is 8.89. The molecule has 6 heteroatoms. The van der Waals surface area contributed by atoms with Crippen LogP contribution in [-0.2, 0) is 0 Å². The van der Waals surface area contributed by atoms with Gasteiger partial charge in [0, 0.05) is 22.0 Å². The highest BCUT2D eigenvalue weighted by Gasteiger charge is 2.12. The first-order valence-electron chi connectivity index (χ1n) is 8.63. The highest BCUT2D eigenvalue weighted by atomic mass is 79.9. The molecule has 27 heavy (non-hydrogen) atoms. The number of aromatic nitrogens is 2. The first-order chi connectivity index (χ1) is 13.0. The standard InChI is InChI=1S/C21H20BrN5/c1-13(2)18-11-16(22)10-14(3)20(18)26-19-8-9-24-21(27-19)25-17-6-4-15(12-23)5-7-17/h4-11,13H,1-3H3,(H2,24,25,26,27). The van der Waals surface area contributed by atoms with E-state index in [9.17, 15) is 0 Å². The number of nitrogens with zero attached hydrogens (tertiary/aromatic N) is 3. The molecule has 0 spiro atoms. The van der Waals surface area contributed by atoms with Crippen molar-refractivity contribution in [2.24, 2.45) is 0 Å². The summed E-state index contributed by atoms with van der Waals surface area (Å²) in [7, 11) is 0. The van der Waals surface area contributed by atoms with Crippen LogP contribution in [0.4, 0.5) is 23.1 Å². The fraction of sp³-hybridized carbons (Fsp3) is 0.190. The predicted octanol–water partition coefficient (Wildman–Crippen LogP) is 6.03. The average molecular weight is 422 g/mol. The van der Waals surface area contributed by atoms with Gasteiger partial charge in [-0.15, -0.1) is 0 Å². The zero-order valence-corrected chi connectivity index (χ0v) is 17.0. The van der Waals surface area contributed by atoms with E-state index in [0.29, 0.717) is 23.2 Å². The minimum absolute atomic E-state index is 0.377. The van der Waals surface area contributed by atoms with E-state index in [1.54, 1.807) is 18.3 Å². The van der Waals surface area contributed by atoms with Gasteiger partial charge in [0.2, 0.25) is 5.95 Å². The molecule has 3 rings (SSSR count). The molecule has 5 nitrogen and oxygen atoms in total. The van der Waals surface area contributed by atoms with Gasteiger partial charge in [-0.1, -0.05) is 29.8 Å². The molecule has 0 bridgehead atoms. The number of benzene rings is 2. The Hall–Kier alpha value is -2.91. The Kier molecular flexibility index (Phi) is 5.72. The average Bonchev–Trinajstić information content (AvgIpc) is 2.64. The topological polar surface area (TPSA) is 73.6 Å². The number of hydrogen-bond acceptors (Lipinski definition) is 5. The summed E-state index contributed by atoms with van der Waals surface area (Å²) in [6.07, 6.45) is 1.71. The van der Waals surface area contributed by atoms with E-state index in [2.05, 4.69) is 75.5 Å². The van der Waals surface area contributed by atoms with Gasteiger partial charge in [-0.3, -0.25) is 0 Å². The lowest BCUT2D eigenvalue weighted by molar-refractivity contribution is 0.866. The normalized spacial score (nSPS) is 10.5. The highest BCUT2D eigenvalue weighted by molar-refractivity contribution is 9.10. The third kappa shape index (κ3) is 4.63. The molecule has 2 aromatic carbocycles. The summed E-state index contributed by atoms with van der Waals surface area (Å²) in [5.41, 5.74) is 4.88. The quantitative estimate of drug-likeness (QED) is 0.525. The molecule has 1 heterocycles. The molecule has 0 unspecified atom stereocenters. The molecule has 136 valence electrons. The number of aryl methyl sites for hydroxylation is 1. The fourth-order valence-electron chi connectivity index (χ4n) is 2.77. The van der Waals surface area contributed by atoms with Crippen molar-refractivity contribution in [1.82, 2.24) is 9.97 Å². The Morgan fingerprint density at radius 2 is 1.81 bits per heavy atom. The smallest absolute Gasteiger partial charge is 0.229 e. The van der Waals surface area contributed by atoms with Gasteiger partial charge in [0.1, 0.15) is 5.82 Å². The third-order valence-electron chi connectivity index (χ3n) is 4.13. The largest absolute Gasteiger partial charge is 0.340 e. The zero-order valence-electron chi connectivity index (χ0n) is 15.4. The molecule has 0 fully saturated rings. The Balaban J connectivity index is 1.85. The molecule has 0 aliphatic carbocycles. The lowest BCUT2D eigenvalue weighted by Crippen LogP contribution is -2.04. The predicted molar refractivity (Wildman–Crippen MR) is 113 cm³/mol. The van der Waals surface area contributed by atoms with Crippen molar-refractivity contribution >= 4 is 39.1 Å². The summed E-state index contributed by atoms with van der Waals surface area (Å²) >= 11 is 3.58. The molecule has 0 saturated heterocycles. The molecule has 2 N–H and O–H groups in total. The first-order valence-corrected chi connectivity index (χ1v) is 9.43. The number of anilines is 4. The van der Waals surface area contributed by atoms with Gasteiger partial charge in [0.15, 0.2) is 0 Å². The van der Waals surface area contributed by atoms with Crippen molar-refractivity contribution in [3.05, 3.63) is 69.8 Å². The van der Waals surface area contributed by atoms with Crippen molar-refractivity contribution in [1.29, 1.82) is 5.26 Å². The van der Waals surface area contributed by atoms with E-state index in [-0.39, 0.29) is 0 Å². The summed E-state index contributed by atoms with van der Waals surface area (Å²) in [6.45, 7) is 6.42. The number of nitrogens with one attached hydrogen (secondary N) is 2. The van der Waals surface area contributed by atoms with Crippen molar-refractivity contribution in [3.8, 4) is 6.07 Å². The van der Waals surface area contributed by atoms with Gasteiger partial charge in [-0.05, 0) is 66.4 Å².